The number of carbonyl (C=O) groups excluding carboxylic acids is 1. The van der Waals surface area contributed by atoms with Crippen molar-refractivity contribution in [3.63, 3.8) is 0 Å². The Morgan fingerprint density at radius 3 is 2.81 bits per heavy atom. The molecule has 1 fully saturated rings. The number of carbonyl (C=O) groups is 2. The van der Waals surface area contributed by atoms with E-state index in [0.717, 1.165) is 29.9 Å². The zero-order valence-electron chi connectivity index (χ0n) is 15.3. The Hall–Kier alpha value is -1.32. The van der Waals surface area contributed by atoms with Crippen molar-refractivity contribution >= 4 is 40.2 Å². The Bertz CT molecular complexity index is 588. The van der Waals surface area contributed by atoms with Gasteiger partial charge >= 0.3 is 12.0 Å². The second-order valence-electron chi connectivity index (χ2n) is 6.50. The monoisotopic (exact) mass is 401 g/mol. The molecule has 1 heterocycles. The molecule has 1 aliphatic carbocycles. The maximum Gasteiger partial charge on any atom is 0.323 e. The van der Waals surface area contributed by atoms with E-state index in [1.165, 1.54) is 29.5 Å². The molecule has 0 spiro atoms. The van der Waals surface area contributed by atoms with Crippen molar-refractivity contribution in [3.05, 3.63) is 6.20 Å². The topological polar surface area (TPSA) is 91.8 Å². The van der Waals surface area contributed by atoms with Gasteiger partial charge in [-0.3, -0.25) is 10.1 Å². The van der Waals surface area contributed by atoms with E-state index in [9.17, 15) is 9.59 Å². The van der Waals surface area contributed by atoms with Crippen LogP contribution >= 0.6 is 23.1 Å². The third-order valence-electron chi connectivity index (χ3n) is 4.10. The minimum Gasteiger partial charge on any atom is -0.481 e. The summed E-state index contributed by atoms with van der Waals surface area (Å²) >= 11 is 2.50. The van der Waals surface area contributed by atoms with Gasteiger partial charge in [0.05, 0.1) is 28.9 Å². The molecule has 1 saturated carbocycles. The van der Waals surface area contributed by atoms with Gasteiger partial charge in [0.15, 0.2) is 5.13 Å². The SMILES string of the molecule is CC(C)OCCN(C(=O)Nc1ncc(SCC(=O)O)s1)C1CCCCC1. The average Bonchev–Trinajstić information content (AvgIpc) is 3.04. The summed E-state index contributed by atoms with van der Waals surface area (Å²) in [5.41, 5.74) is 0. The van der Waals surface area contributed by atoms with Crippen LogP contribution in [0, 0.1) is 0 Å². The summed E-state index contributed by atoms with van der Waals surface area (Å²) in [4.78, 5) is 29.5. The summed E-state index contributed by atoms with van der Waals surface area (Å²) in [5, 5.41) is 12.1. The lowest BCUT2D eigenvalue weighted by Crippen LogP contribution is -2.45. The van der Waals surface area contributed by atoms with Gasteiger partial charge in [-0.25, -0.2) is 9.78 Å². The molecular weight excluding hydrogens is 374 g/mol. The summed E-state index contributed by atoms with van der Waals surface area (Å²) in [6.45, 7) is 5.04. The number of hydrogen-bond acceptors (Lipinski definition) is 6. The van der Waals surface area contributed by atoms with Gasteiger partial charge in [0.25, 0.3) is 0 Å². The first-order valence-electron chi connectivity index (χ1n) is 8.95. The fraction of sp³-hybridized carbons (Fsp3) is 0.706. The van der Waals surface area contributed by atoms with E-state index >= 15 is 0 Å². The van der Waals surface area contributed by atoms with Gasteiger partial charge in [-0.2, -0.15) is 0 Å². The van der Waals surface area contributed by atoms with Gasteiger partial charge in [0, 0.05) is 12.6 Å². The van der Waals surface area contributed by atoms with Gasteiger partial charge in [-0.05, 0) is 26.7 Å². The summed E-state index contributed by atoms with van der Waals surface area (Å²) in [7, 11) is 0. The van der Waals surface area contributed by atoms with Crippen LogP contribution in [-0.2, 0) is 9.53 Å². The molecule has 2 rings (SSSR count). The summed E-state index contributed by atoms with van der Waals surface area (Å²) in [5.74, 6) is -0.890. The number of ether oxygens (including phenoxy) is 1. The smallest absolute Gasteiger partial charge is 0.323 e. The molecule has 1 aromatic heterocycles. The van der Waals surface area contributed by atoms with Crippen LogP contribution in [0.25, 0.3) is 0 Å². The second kappa shape index (κ2) is 10.7. The highest BCUT2D eigenvalue weighted by Gasteiger charge is 2.26. The summed E-state index contributed by atoms with van der Waals surface area (Å²) in [6.07, 6.45) is 7.30. The third kappa shape index (κ3) is 7.13. The van der Waals surface area contributed by atoms with Gasteiger partial charge in [-0.15, -0.1) is 11.8 Å². The first-order chi connectivity index (χ1) is 12.5. The van der Waals surface area contributed by atoms with E-state index in [1.54, 1.807) is 6.20 Å². The van der Waals surface area contributed by atoms with E-state index in [-0.39, 0.29) is 23.9 Å². The number of nitrogens with one attached hydrogen (secondary N) is 1. The molecule has 2 amide bonds. The molecule has 146 valence electrons. The van der Waals surface area contributed by atoms with E-state index in [2.05, 4.69) is 10.3 Å². The number of aliphatic carboxylic acids is 1. The number of carboxylic acid groups (broad SMARTS) is 1. The fourth-order valence-corrected chi connectivity index (χ4v) is 4.49. The van der Waals surface area contributed by atoms with E-state index in [4.69, 9.17) is 9.84 Å². The largest absolute Gasteiger partial charge is 0.481 e. The van der Waals surface area contributed by atoms with E-state index in [0.29, 0.717) is 18.3 Å². The minimum atomic E-state index is -0.873. The fourth-order valence-electron chi connectivity index (χ4n) is 2.91. The van der Waals surface area contributed by atoms with Crippen molar-refractivity contribution < 1.29 is 19.4 Å². The van der Waals surface area contributed by atoms with Crippen molar-refractivity contribution in [2.24, 2.45) is 0 Å². The standard InChI is InChI=1S/C17H27N3O4S2/c1-12(2)24-9-8-20(13-6-4-3-5-7-13)17(23)19-16-18-10-15(26-16)25-11-14(21)22/h10,12-13H,3-9,11H2,1-2H3,(H,21,22)(H,18,19,23). The molecule has 0 aliphatic heterocycles. The maximum absolute atomic E-state index is 12.8. The second-order valence-corrected chi connectivity index (χ2v) is 8.81. The number of nitrogens with zero attached hydrogens (tertiary/aromatic N) is 2. The first kappa shape index (κ1) is 21.0. The molecule has 2 N–H and O–H groups in total. The molecule has 0 saturated heterocycles. The molecule has 0 bridgehead atoms. The predicted octanol–water partition coefficient (Wildman–Crippen LogP) is 3.91. The maximum atomic E-state index is 12.8. The minimum absolute atomic E-state index is 0.0175. The number of thiazole rings is 1. The normalized spacial score (nSPS) is 15.2. The molecule has 26 heavy (non-hydrogen) atoms. The molecule has 0 unspecified atom stereocenters. The van der Waals surface area contributed by atoms with Gasteiger partial charge < -0.3 is 14.7 Å². The van der Waals surface area contributed by atoms with Crippen molar-refractivity contribution in [3.8, 4) is 0 Å². The molecule has 1 aromatic rings. The number of anilines is 1. The average molecular weight is 402 g/mol. The molecule has 1 aliphatic rings. The molecule has 7 nitrogen and oxygen atoms in total. The van der Waals surface area contributed by atoms with Crippen LogP contribution in [0.5, 0.6) is 0 Å². The number of carboxylic acids is 1. The Kier molecular flexibility index (Phi) is 8.67. The van der Waals surface area contributed by atoms with Crippen molar-refractivity contribution in [1.82, 2.24) is 9.88 Å². The Balaban J connectivity index is 1.94. The quantitative estimate of drug-likeness (QED) is 0.610. The highest BCUT2D eigenvalue weighted by atomic mass is 32.2. The van der Waals surface area contributed by atoms with Gasteiger partial charge in [0.1, 0.15) is 0 Å². The van der Waals surface area contributed by atoms with E-state index in [1.807, 2.05) is 18.7 Å². The lowest BCUT2D eigenvalue weighted by atomic mass is 9.94. The molecule has 9 heteroatoms. The lowest BCUT2D eigenvalue weighted by Gasteiger charge is -2.34. The number of hydrogen-bond donors (Lipinski definition) is 2. The number of rotatable bonds is 9. The van der Waals surface area contributed by atoms with Crippen LogP contribution in [0.15, 0.2) is 10.4 Å². The van der Waals surface area contributed by atoms with Crippen molar-refractivity contribution in [2.45, 2.75) is 62.3 Å². The number of amides is 2. The molecule has 0 atom stereocenters. The van der Waals surface area contributed by atoms with Crippen LogP contribution in [0.1, 0.15) is 46.0 Å². The zero-order valence-corrected chi connectivity index (χ0v) is 16.9. The Morgan fingerprint density at radius 2 is 2.15 bits per heavy atom. The lowest BCUT2D eigenvalue weighted by molar-refractivity contribution is -0.133. The van der Waals surface area contributed by atoms with Gasteiger partial charge in [0.2, 0.25) is 0 Å². The summed E-state index contributed by atoms with van der Waals surface area (Å²) < 4.78 is 6.40. The number of thioether (sulfide) groups is 1. The van der Waals surface area contributed by atoms with Crippen molar-refractivity contribution in [1.29, 1.82) is 0 Å². The number of urea groups is 1. The molecule has 0 radical (unpaired) electrons. The van der Waals surface area contributed by atoms with Crippen LogP contribution < -0.4 is 5.32 Å². The van der Waals surface area contributed by atoms with Gasteiger partial charge in [-0.1, -0.05) is 30.6 Å². The summed E-state index contributed by atoms with van der Waals surface area (Å²) in [6, 6.07) is 0.0775. The highest BCUT2D eigenvalue weighted by molar-refractivity contribution is 8.01. The van der Waals surface area contributed by atoms with Crippen LogP contribution in [-0.4, -0.2) is 58.0 Å². The molecular formula is C17H27N3O4S2. The zero-order chi connectivity index (χ0) is 18.9. The first-order valence-corrected chi connectivity index (χ1v) is 10.8. The Labute approximate surface area is 162 Å². The molecule has 0 aromatic carbocycles. The highest BCUT2D eigenvalue weighted by Crippen LogP contribution is 2.29. The van der Waals surface area contributed by atoms with Crippen LogP contribution in [0.4, 0.5) is 9.93 Å². The van der Waals surface area contributed by atoms with E-state index < -0.39 is 5.97 Å². The Morgan fingerprint density at radius 1 is 1.42 bits per heavy atom. The number of aromatic nitrogens is 1. The van der Waals surface area contributed by atoms with Crippen LogP contribution in [0.3, 0.4) is 0 Å². The van der Waals surface area contributed by atoms with Crippen molar-refractivity contribution in [2.75, 3.05) is 24.2 Å². The van der Waals surface area contributed by atoms with Crippen LogP contribution in [0.2, 0.25) is 0 Å². The predicted molar refractivity (Wildman–Crippen MR) is 104 cm³/mol. The third-order valence-corrected chi connectivity index (χ3v) is 6.19.